The Kier molecular flexibility index (Phi) is 60.4. The third-order valence-corrected chi connectivity index (χ3v) is 13.1. The van der Waals surface area contributed by atoms with E-state index in [1.54, 1.807) is 0 Å². The molecular formula is C71H116O6. The smallest absolute Gasteiger partial charge is 0.306 e. The van der Waals surface area contributed by atoms with Crippen LogP contribution in [-0.2, 0) is 28.6 Å². The highest BCUT2D eigenvalue weighted by Crippen LogP contribution is 2.15. The molecule has 0 spiro atoms. The summed E-state index contributed by atoms with van der Waals surface area (Å²) in [5.41, 5.74) is 0. The Morgan fingerprint density at radius 1 is 0.273 bits per heavy atom. The Labute approximate surface area is 475 Å². The van der Waals surface area contributed by atoms with Gasteiger partial charge in [-0.05, 0) is 135 Å². The van der Waals surface area contributed by atoms with E-state index in [1.807, 2.05) is 0 Å². The highest BCUT2D eigenvalue weighted by molar-refractivity contribution is 5.71. The van der Waals surface area contributed by atoms with Crippen LogP contribution in [0.3, 0.4) is 0 Å². The van der Waals surface area contributed by atoms with Gasteiger partial charge in [-0.2, -0.15) is 0 Å². The molecule has 77 heavy (non-hydrogen) atoms. The first-order chi connectivity index (χ1) is 38.0. The van der Waals surface area contributed by atoms with E-state index in [0.717, 1.165) is 148 Å². The second-order valence-electron chi connectivity index (χ2n) is 20.5. The zero-order valence-corrected chi connectivity index (χ0v) is 49.9. The molecule has 0 saturated carbocycles. The van der Waals surface area contributed by atoms with Crippen LogP contribution < -0.4 is 0 Å². The SMILES string of the molecule is CC/C=C\C/C=C\C/C=C\C/C=C\C/C=C\C/C=C\CCCCCCC(=O)OCC(COC(=O)CCCCCC/C=C\C/C=C\C/C=C\C/C=C\CC)OC(=O)CCCCCCCCCCC/C=C\CCCCCCCC. The van der Waals surface area contributed by atoms with E-state index in [-0.39, 0.29) is 31.1 Å². The molecule has 0 aliphatic carbocycles. The van der Waals surface area contributed by atoms with Crippen LogP contribution in [0.1, 0.15) is 278 Å². The van der Waals surface area contributed by atoms with Crippen molar-refractivity contribution in [2.24, 2.45) is 0 Å². The van der Waals surface area contributed by atoms with Gasteiger partial charge in [-0.15, -0.1) is 0 Å². The number of carbonyl (C=O) groups excluding carboxylic acids is 3. The maximum Gasteiger partial charge on any atom is 0.306 e. The molecule has 0 aromatic heterocycles. The molecule has 0 aliphatic heterocycles. The maximum atomic E-state index is 12.9. The van der Waals surface area contributed by atoms with Crippen molar-refractivity contribution >= 4 is 17.9 Å². The van der Waals surface area contributed by atoms with Crippen molar-refractivity contribution in [1.82, 2.24) is 0 Å². The standard InChI is InChI=1S/C71H116O6/c1-4-7-10-13-16-19-22-25-28-31-33-34-35-36-38-40-43-46-49-52-55-58-61-64-70(73)76-67-68(66-75-69(72)63-60-57-54-51-48-45-42-39-30-27-24-21-18-15-12-9-6-3)77-71(74)65-62-59-56-53-50-47-44-41-37-32-29-26-23-20-17-14-11-8-5-2/h7,9-10,12,16,18-19,21,25-30,33-34,36,38,42-43,45-46,68H,4-6,8,11,13-15,17,20,22-24,31-32,35,37,39-41,44,47-67H2,1-3H3/b10-7-,12-9-,19-16-,21-18-,28-25-,29-26-,30-27-,34-33-,38-36-,45-42-,46-43-. The largest absolute Gasteiger partial charge is 0.462 e. The zero-order valence-electron chi connectivity index (χ0n) is 49.9. The molecule has 0 aliphatic rings. The molecule has 0 bridgehead atoms. The third kappa shape index (κ3) is 62.3. The number of ether oxygens (including phenoxy) is 3. The van der Waals surface area contributed by atoms with Crippen LogP contribution >= 0.6 is 0 Å². The van der Waals surface area contributed by atoms with Gasteiger partial charge in [0.2, 0.25) is 0 Å². The van der Waals surface area contributed by atoms with Crippen molar-refractivity contribution in [3.8, 4) is 0 Å². The van der Waals surface area contributed by atoms with Gasteiger partial charge in [0.25, 0.3) is 0 Å². The number of hydrogen-bond acceptors (Lipinski definition) is 6. The quantitative estimate of drug-likeness (QED) is 0.0261. The molecule has 0 rings (SSSR count). The molecule has 0 aromatic carbocycles. The van der Waals surface area contributed by atoms with Crippen molar-refractivity contribution in [2.45, 2.75) is 284 Å². The fourth-order valence-corrected chi connectivity index (χ4v) is 8.43. The molecule has 0 amide bonds. The van der Waals surface area contributed by atoms with Gasteiger partial charge < -0.3 is 14.2 Å². The number of hydrogen-bond donors (Lipinski definition) is 0. The molecule has 0 fully saturated rings. The first-order valence-corrected chi connectivity index (χ1v) is 31.7. The minimum Gasteiger partial charge on any atom is -0.462 e. The molecule has 6 heteroatoms. The Bertz CT molecular complexity index is 1650. The summed E-state index contributed by atoms with van der Waals surface area (Å²) in [4.78, 5) is 38.3. The molecule has 0 radical (unpaired) electrons. The summed E-state index contributed by atoms with van der Waals surface area (Å²) in [6, 6.07) is 0. The van der Waals surface area contributed by atoms with Gasteiger partial charge in [0.05, 0.1) is 0 Å². The molecule has 1 atom stereocenters. The van der Waals surface area contributed by atoms with E-state index in [4.69, 9.17) is 14.2 Å². The summed E-state index contributed by atoms with van der Waals surface area (Å²) in [6.07, 6.45) is 90.2. The Balaban J connectivity index is 4.49. The van der Waals surface area contributed by atoms with Crippen molar-refractivity contribution < 1.29 is 28.6 Å². The first-order valence-electron chi connectivity index (χ1n) is 31.7. The van der Waals surface area contributed by atoms with E-state index < -0.39 is 6.10 Å². The number of rotatable bonds is 56. The van der Waals surface area contributed by atoms with Crippen LogP contribution in [0.4, 0.5) is 0 Å². The average Bonchev–Trinajstić information content (AvgIpc) is 3.43. The highest BCUT2D eigenvalue weighted by atomic mass is 16.6. The molecule has 0 saturated heterocycles. The van der Waals surface area contributed by atoms with Gasteiger partial charge in [0, 0.05) is 19.3 Å². The first kappa shape index (κ1) is 72.5. The van der Waals surface area contributed by atoms with Crippen molar-refractivity contribution in [2.75, 3.05) is 13.2 Å². The minimum atomic E-state index is -0.807. The van der Waals surface area contributed by atoms with Crippen LogP contribution in [0.15, 0.2) is 134 Å². The van der Waals surface area contributed by atoms with Crippen LogP contribution in [-0.4, -0.2) is 37.2 Å². The molecule has 436 valence electrons. The second kappa shape index (κ2) is 64.1. The van der Waals surface area contributed by atoms with E-state index >= 15 is 0 Å². The molecule has 1 unspecified atom stereocenters. The highest BCUT2D eigenvalue weighted by Gasteiger charge is 2.19. The van der Waals surface area contributed by atoms with E-state index in [9.17, 15) is 14.4 Å². The number of esters is 3. The van der Waals surface area contributed by atoms with Gasteiger partial charge >= 0.3 is 17.9 Å². The van der Waals surface area contributed by atoms with Crippen molar-refractivity contribution in [3.05, 3.63) is 134 Å². The molecular weight excluding hydrogens is 949 g/mol. The maximum absolute atomic E-state index is 12.9. The summed E-state index contributed by atoms with van der Waals surface area (Å²) < 4.78 is 16.9. The normalized spacial score (nSPS) is 13.0. The van der Waals surface area contributed by atoms with Crippen LogP contribution in [0.2, 0.25) is 0 Å². The average molecular weight is 1070 g/mol. The third-order valence-electron chi connectivity index (χ3n) is 13.1. The molecule has 0 aromatic rings. The fraction of sp³-hybridized carbons (Fsp3) is 0.648. The molecule has 0 N–H and O–H groups in total. The van der Waals surface area contributed by atoms with Crippen LogP contribution in [0, 0.1) is 0 Å². The Hall–Kier alpha value is -4.45. The summed E-state index contributed by atoms with van der Waals surface area (Å²) in [5.74, 6) is -0.950. The predicted octanol–water partition coefficient (Wildman–Crippen LogP) is 21.8. The second-order valence-corrected chi connectivity index (χ2v) is 20.5. The van der Waals surface area contributed by atoms with E-state index in [0.29, 0.717) is 19.3 Å². The van der Waals surface area contributed by atoms with Crippen molar-refractivity contribution in [1.29, 1.82) is 0 Å². The number of allylic oxidation sites excluding steroid dienone is 22. The number of unbranched alkanes of at least 4 members (excludes halogenated alkanes) is 23. The van der Waals surface area contributed by atoms with E-state index in [2.05, 4.69) is 154 Å². The van der Waals surface area contributed by atoms with Crippen molar-refractivity contribution in [3.63, 3.8) is 0 Å². The fourth-order valence-electron chi connectivity index (χ4n) is 8.43. The van der Waals surface area contributed by atoms with Crippen LogP contribution in [0.25, 0.3) is 0 Å². The topological polar surface area (TPSA) is 78.9 Å². The van der Waals surface area contributed by atoms with E-state index in [1.165, 1.54) is 89.9 Å². The van der Waals surface area contributed by atoms with Gasteiger partial charge in [0.15, 0.2) is 6.10 Å². The predicted molar refractivity (Wildman–Crippen MR) is 334 cm³/mol. The lowest BCUT2D eigenvalue weighted by Gasteiger charge is -2.18. The van der Waals surface area contributed by atoms with Gasteiger partial charge in [-0.1, -0.05) is 257 Å². The summed E-state index contributed by atoms with van der Waals surface area (Å²) in [5, 5.41) is 0. The lowest BCUT2D eigenvalue weighted by molar-refractivity contribution is -0.167. The monoisotopic (exact) mass is 1060 g/mol. The number of carbonyl (C=O) groups is 3. The Morgan fingerprint density at radius 3 is 0.805 bits per heavy atom. The zero-order chi connectivity index (χ0) is 55.7. The van der Waals surface area contributed by atoms with Gasteiger partial charge in [-0.25, -0.2) is 0 Å². The van der Waals surface area contributed by atoms with Gasteiger partial charge in [0.1, 0.15) is 13.2 Å². The minimum absolute atomic E-state index is 0.103. The summed E-state index contributed by atoms with van der Waals surface area (Å²) >= 11 is 0. The molecule has 0 heterocycles. The lowest BCUT2D eigenvalue weighted by atomic mass is 10.1. The van der Waals surface area contributed by atoms with Gasteiger partial charge in [-0.3, -0.25) is 14.4 Å². The summed E-state index contributed by atoms with van der Waals surface area (Å²) in [7, 11) is 0. The van der Waals surface area contributed by atoms with Crippen LogP contribution in [0.5, 0.6) is 0 Å². The Morgan fingerprint density at radius 2 is 0.506 bits per heavy atom. The summed E-state index contributed by atoms with van der Waals surface area (Å²) in [6.45, 7) is 6.38. The molecule has 6 nitrogen and oxygen atoms in total. The lowest BCUT2D eigenvalue weighted by Crippen LogP contribution is -2.30.